The number of carbonyl (C=O) groups is 1. The molecule has 0 spiro atoms. The van der Waals surface area contributed by atoms with Gasteiger partial charge in [0.1, 0.15) is 5.75 Å². The molecule has 1 heterocycles. The van der Waals surface area contributed by atoms with Gasteiger partial charge in [-0.15, -0.1) is 0 Å². The number of primary amides is 1. The van der Waals surface area contributed by atoms with E-state index in [1.807, 2.05) is 6.07 Å². The molecule has 36 heavy (non-hydrogen) atoms. The predicted molar refractivity (Wildman–Crippen MR) is 141 cm³/mol. The van der Waals surface area contributed by atoms with Crippen LogP contribution in [-0.2, 0) is 17.1 Å². The smallest absolute Gasteiger partial charge is 0.349 e. The van der Waals surface area contributed by atoms with Crippen molar-refractivity contribution < 1.29 is 18.3 Å². The zero-order valence-corrected chi connectivity index (χ0v) is 21.5. The van der Waals surface area contributed by atoms with E-state index in [9.17, 15) is 13.6 Å². The zero-order valence-electron chi connectivity index (χ0n) is 20.0. The van der Waals surface area contributed by atoms with Crippen molar-refractivity contribution in [1.82, 2.24) is 4.90 Å². The second kappa shape index (κ2) is 11.8. The monoisotopic (exact) mass is 534 g/mol. The van der Waals surface area contributed by atoms with E-state index in [1.165, 1.54) is 75.5 Å². The minimum atomic E-state index is -3.66. The molecule has 2 fully saturated rings. The van der Waals surface area contributed by atoms with Gasteiger partial charge in [-0.1, -0.05) is 47.5 Å². The van der Waals surface area contributed by atoms with E-state index in [0.717, 1.165) is 22.6 Å². The molecule has 1 amide bonds. The molecular formula is C28H30Cl2F2N2O2. The number of fused-ring (bicyclic) bond motifs is 1. The molecule has 0 bridgehead atoms. The van der Waals surface area contributed by atoms with Crippen LogP contribution in [0.4, 0.5) is 8.78 Å². The van der Waals surface area contributed by atoms with Crippen LogP contribution in [0.25, 0.3) is 10.8 Å². The van der Waals surface area contributed by atoms with Crippen molar-refractivity contribution in [2.24, 2.45) is 5.73 Å². The molecule has 0 atom stereocenters. The van der Waals surface area contributed by atoms with E-state index in [4.69, 9.17) is 27.9 Å². The van der Waals surface area contributed by atoms with Gasteiger partial charge in [-0.25, -0.2) is 0 Å². The van der Waals surface area contributed by atoms with Crippen LogP contribution < -0.4 is 10.5 Å². The number of alkyl halides is 2. The van der Waals surface area contributed by atoms with Gasteiger partial charge in [-0.05, 0) is 105 Å². The summed E-state index contributed by atoms with van der Waals surface area (Å²) in [6, 6.07) is 15.0. The average molecular weight is 535 g/mol. The van der Waals surface area contributed by atoms with E-state index >= 15 is 0 Å². The largest absolute Gasteiger partial charge is 0.489 e. The van der Waals surface area contributed by atoms with Crippen LogP contribution in [0.5, 0.6) is 5.75 Å². The average Bonchev–Trinajstić information content (AvgIpc) is 3.52. The fourth-order valence-electron chi connectivity index (χ4n) is 4.23. The highest BCUT2D eigenvalue weighted by Gasteiger charge is 2.38. The third-order valence-electron chi connectivity index (χ3n) is 6.43. The Kier molecular flexibility index (Phi) is 8.70. The Labute approximate surface area is 220 Å². The number of benzene rings is 3. The maximum Gasteiger partial charge on any atom is 0.349 e. The molecule has 5 rings (SSSR count). The minimum Gasteiger partial charge on any atom is -0.489 e. The number of nitrogens with two attached hydrogens (primary N) is 1. The van der Waals surface area contributed by atoms with Gasteiger partial charge in [-0.2, -0.15) is 8.78 Å². The first-order valence-electron chi connectivity index (χ1n) is 12.3. The fraction of sp³-hybridized carbons (Fsp3) is 0.393. The van der Waals surface area contributed by atoms with Crippen LogP contribution in [0.3, 0.4) is 0 Å². The number of carbonyl (C=O) groups excluding carboxylic acids is 1. The van der Waals surface area contributed by atoms with Crippen LogP contribution in [-0.4, -0.2) is 36.5 Å². The minimum absolute atomic E-state index is 0.415. The predicted octanol–water partition coefficient (Wildman–Crippen LogP) is 6.98. The molecule has 3 aromatic rings. The number of nitrogens with zero attached hydrogens (tertiary/aromatic N) is 1. The fourth-order valence-corrected chi connectivity index (χ4v) is 4.66. The number of aryl methyl sites for hydroxylation is 1. The summed E-state index contributed by atoms with van der Waals surface area (Å²) in [7, 11) is 0. The second-order valence-corrected chi connectivity index (χ2v) is 10.2. The summed E-state index contributed by atoms with van der Waals surface area (Å²) >= 11 is 12.0. The number of ether oxygens (including phenoxy) is 1. The Morgan fingerprint density at radius 3 is 2.36 bits per heavy atom. The SMILES string of the molecule is Clc1cc(CCCN2CCCC2)ccc1OC1CC1.NC(=O)C(F)(F)c1ccc2cc(Cl)ccc2c1. The number of likely N-dealkylation sites (tertiary alicyclic amines) is 1. The Morgan fingerprint density at radius 2 is 1.69 bits per heavy atom. The Morgan fingerprint density at radius 1 is 1.00 bits per heavy atom. The Hall–Kier alpha value is -2.41. The molecular weight excluding hydrogens is 505 g/mol. The second-order valence-electron chi connectivity index (χ2n) is 9.38. The van der Waals surface area contributed by atoms with Gasteiger partial charge in [0.15, 0.2) is 0 Å². The number of amides is 1. The van der Waals surface area contributed by atoms with Crippen molar-refractivity contribution in [3.63, 3.8) is 0 Å². The summed E-state index contributed by atoms with van der Waals surface area (Å²) in [6.45, 7) is 3.79. The summed E-state index contributed by atoms with van der Waals surface area (Å²) in [4.78, 5) is 13.2. The highest BCUT2D eigenvalue weighted by Crippen LogP contribution is 2.33. The number of hydrogen-bond acceptors (Lipinski definition) is 3. The lowest BCUT2D eigenvalue weighted by Crippen LogP contribution is -2.32. The summed E-state index contributed by atoms with van der Waals surface area (Å²) in [5, 5.41) is 2.59. The highest BCUT2D eigenvalue weighted by atomic mass is 35.5. The molecule has 1 saturated carbocycles. The lowest BCUT2D eigenvalue weighted by molar-refractivity contribution is -0.143. The van der Waals surface area contributed by atoms with Crippen LogP contribution in [0.15, 0.2) is 54.6 Å². The first-order chi connectivity index (χ1) is 17.2. The molecule has 2 N–H and O–H groups in total. The molecule has 0 aromatic heterocycles. The van der Waals surface area contributed by atoms with Gasteiger partial charge in [0.2, 0.25) is 0 Å². The van der Waals surface area contributed by atoms with Gasteiger partial charge >= 0.3 is 5.92 Å². The van der Waals surface area contributed by atoms with Crippen molar-refractivity contribution in [3.8, 4) is 5.75 Å². The summed E-state index contributed by atoms with van der Waals surface area (Å²) in [5.74, 6) is -4.47. The van der Waals surface area contributed by atoms with E-state index in [-0.39, 0.29) is 0 Å². The van der Waals surface area contributed by atoms with E-state index in [0.29, 0.717) is 16.5 Å². The Balaban J connectivity index is 0.000000170. The molecule has 2 aliphatic rings. The van der Waals surface area contributed by atoms with Crippen molar-refractivity contribution in [1.29, 1.82) is 0 Å². The topological polar surface area (TPSA) is 55.6 Å². The quantitative estimate of drug-likeness (QED) is 0.339. The third-order valence-corrected chi connectivity index (χ3v) is 6.96. The number of halogens is 4. The highest BCUT2D eigenvalue weighted by molar-refractivity contribution is 6.32. The van der Waals surface area contributed by atoms with E-state index < -0.39 is 17.4 Å². The molecule has 4 nitrogen and oxygen atoms in total. The Bertz CT molecular complexity index is 1210. The lowest BCUT2D eigenvalue weighted by atomic mass is 10.0. The summed E-state index contributed by atoms with van der Waals surface area (Å²) in [5.41, 5.74) is 5.57. The molecule has 1 aliphatic carbocycles. The summed E-state index contributed by atoms with van der Waals surface area (Å²) < 4.78 is 32.5. The normalized spacial score (nSPS) is 16.0. The molecule has 0 radical (unpaired) electrons. The van der Waals surface area contributed by atoms with Gasteiger partial charge in [0.05, 0.1) is 11.1 Å². The van der Waals surface area contributed by atoms with E-state index in [2.05, 4.69) is 22.8 Å². The lowest BCUT2D eigenvalue weighted by Gasteiger charge is -2.14. The van der Waals surface area contributed by atoms with Crippen molar-refractivity contribution in [2.45, 2.75) is 50.6 Å². The van der Waals surface area contributed by atoms with Crippen LogP contribution >= 0.6 is 23.2 Å². The maximum atomic E-state index is 13.4. The molecule has 1 aliphatic heterocycles. The van der Waals surface area contributed by atoms with Gasteiger partial charge < -0.3 is 15.4 Å². The third kappa shape index (κ3) is 7.09. The van der Waals surface area contributed by atoms with Crippen LogP contribution in [0.1, 0.15) is 43.2 Å². The molecule has 8 heteroatoms. The molecule has 0 unspecified atom stereocenters. The standard InChI is InChI=1S/C16H22ClNO.C12H8ClF2NO/c17-15-12-13(4-3-11-18-9-1-2-10-18)5-8-16(15)19-14-6-7-14;13-10-4-2-7-5-9(3-1-8(7)6-10)12(14,15)11(16)17/h5,8,12,14H,1-4,6-7,9-11H2;1-6H,(H2,16,17). The number of hydrogen-bond donors (Lipinski definition) is 1. The summed E-state index contributed by atoms with van der Waals surface area (Å²) in [6.07, 6.45) is 7.84. The first-order valence-corrected chi connectivity index (χ1v) is 13.0. The van der Waals surface area contributed by atoms with Crippen molar-refractivity contribution in [3.05, 3.63) is 75.8 Å². The van der Waals surface area contributed by atoms with Gasteiger partial charge in [-0.3, -0.25) is 4.79 Å². The maximum absolute atomic E-state index is 13.4. The molecule has 3 aromatic carbocycles. The van der Waals surface area contributed by atoms with Crippen LogP contribution in [0, 0.1) is 0 Å². The van der Waals surface area contributed by atoms with E-state index in [1.54, 1.807) is 18.2 Å². The molecule has 192 valence electrons. The van der Waals surface area contributed by atoms with Crippen molar-refractivity contribution >= 4 is 39.9 Å². The first kappa shape index (κ1) is 26.6. The van der Waals surface area contributed by atoms with Crippen molar-refractivity contribution in [2.75, 3.05) is 19.6 Å². The zero-order chi connectivity index (χ0) is 25.7. The number of rotatable bonds is 8. The van der Waals surface area contributed by atoms with Crippen LogP contribution in [0.2, 0.25) is 10.0 Å². The van der Waals surface area contributed by atoms with Gasteiger partial charge in [0, 0.05) is 10.6 Å². The van der Waals surface area contributed by atoms with Gasteiger partial charge in [0.25, 0.3) is 5.91 Å². The molecule has 1 saturated heterocycles.